The van der Waals surface area contributed by atoms with Crippen LogP contribution in [0.15, 0.2) is 59.7 Å². The Kier molecular flexibility index (Phi) is 2.38. The normalized spacial score (nSPS) is 12.8. The monoisotopic (exact) mass is 225 g/mol. The molecule has 3 rings (SSSR count). The standard InChI is InChI=1S/C14H11NO2/c16-14(11-5-6-17-9-11)13-8-15-7-10-3-1-2-4-12(10)13/h1-9,14,16H. The average molecular weight is 225 g/mol. The number of furan rings is 1. The summed E-state index contributed by atoms with van der Waals surface area (Å²) in [5, 5.41) is 12.3. The lowest BCUT2D eigenvalue weighted by Gasteiger charge is -2.11. The molecule has 0 saturated heterocycles. The quantitative estimate of drug-likeness (QED) is 0.729. The van der Waals surface area contributed by atoms with E-state index in [9.17, 15) is 5.11 Å². The molecule has 0 saturated carbocycles. The highest BCUT2D eigenvalue weighted by atomic mass is 16.3. The molecule has 0 fully saturated rings. The second kappa shape index (κ2) is 4.03. The van der Waals surface area contributed by atoms with Gasteiger partial charge in [0.1, 0.15) is 6.10 Å². The molecule has 3 nitrogen and oxygen atoms in total. The van der Waals surface area contributed by atoms with E-state index in [4.69, 9.17) is 4.42 Å². The van der Waals surface area contributed by atoms with Crippen molar-refractivity contribution in [1.82, 2.24) is 4.98 Å². The van der Waals surface area contributed by atoms with Crippen molar-refractivity contribution in [3.63, 3.8) is 0 Å². The Morgan fingerprint density at radius 1 is 1.12 bits per heavy atom. The third-order valence-corrected chi connectivity index (χ3v) is 2.85. The third kappa shape index (κ3) is 1.70. The topological polar surface area (TPSA) is 46.3 Å². The molecule has 0 spiro atoms. The number of hydrogen-bond acceptors (Lipinski definition) is 3. The molecule has 0 aliphatic carbocycles. The molecule has 2 heterocycles. The Balaban J connectivity index is 2.17. The molecule has 0 radical (unpaired) electrons. The molecule has 17 heavy (non-hydrogen) atoms. The maximum Gasteiger partial charge on any atom is 0.109 e. The molecule has 0 aliphatic heterocycles. The molecule has 1 unspecified atom stereocenters. The van der Waals surface area contributed by atoms with E-state index in [-0.39, 0.29) is 0 Å². The van der Waals surface area contributed by atoms with Crippen LogP contribution in [0.1, 0.15) is 17.2 Å². The van der Waals surface area contributed by atoms with Crippen LogP contribution >= 0.6 is 0 Å². The zero-order valence-corrected chi connectivity index (χ0v) is 9.08. The molecule has 3 heteroatoms. The van der Waals surface area contributed by atoms with Gasteiger partial charge in [0.25, 0.3) is 0 Å². The van der Waals surface area contributed by atoms with Gasteiger partial charge in [0.15, 0.2) is 0 Å². The highest BCUT2D eigenvalue weighted by molar-refractivity contribution is 5.85. The minimum atomic E-state index is -0.702. The fourth-order valence-corrected chi connectivity index (χ4v) is 1.97. The molecule has 1 aromatic carbocycles. The van der Waals surface area contributed by atoms with Crippen LogP contribution in [-0.2, 0) is 0 Å². The summed E-state index contributed by atoms with van der Waals surface area (Å²) in [5.41, 5.74) is 1.53. The number of aliphatic hydroxyl groups excluding tert-OH is 1. The van der Waals surface area contributed by atoms with E-state index in [0.717, 1.165) is 21.9 Å². The number of rotatable bonds is 2. The number of pyridine rings is 1. The summed E-state index contributed by atoms with van der Waals surface area (Å²) in [6.07, 6.45) is 5.89. The van der Waals surface area contributed by atoms with Gasteiger partial charge in [-0.05, 0) is 11.5 Å². The maximum absolute atomic E-state index is 10.3. The van der Waals surface area contributed by atoms with Crippen molar-refractivity contribution < 1.29 is 9.52 Å². The predicted octanol–water partition coefficient (Wildman–Crippen LogP) is 2.91. The van der Waals surface area contributed by atoms with Gasteiger partial charge in [0.2, 0.25) is 0 Å². The first kappa shape index (κ1) is 10.1. The summed E-state index contributed by atoms with van der Waals surface area (Å²) in [6.45, 7) is 0. The minimum absolute atomic E-state index is 0.702. The smallest absolute Gasteiger partial charge is 0.109 e. The predicted molar refractivity (Wildman–Crippen MR) is 64.5 cm³/mol. The minimum Gasteiger partial charge on any atom is -0.472 e. The summed E-state index contributed by atoms with van der Waals surface area (Å²) in [7, 11) is 0. The van der Waals surface area contributed by atoms with Crippen molar-refractivity contribution in [2.24, 2.45) is 0 Å². The van der Waals surface area contributed by atoms with Crippen molar-refractivity contribution in [3.8, 4) is 0 Å². The van der Waals surface area contributed by atoms with Gasteiger partial charge >= 0.3 is 0 Å². The van der Waals surface area contributed by atoms with E-state index in [2.05, 4.69) is 4.98 Å². The number of hydrogen-bond donors (Lipinski definition) is 1. The van der Waals surface area contributed by atoms with Crippen LogP contribution < -0.4 is 0 Å². The molecule has 1 atom stereocenters. The molecule has 0 amide bonds. The van der Waals surface area contributed by atoms with Gasteiger partial charge in [-0.25, -0.2) is 0 Å². The maximum atomic E-state index is 10.3. The summed E-state index contributed by atoms with van der Waals surface area (Å²) in [6, 6.07) is 9.63. The highest BCUT2D eigenvalue weighted by Gasteiger charge is 2.14. The van der Waals surface area contributed by atoms with Crippen molar-refractivity contribution in [2.75, 3.05) is 0 Å². The summed E-state index contributed by atoms with van der Waals surface area (Å²) in [5.74, 6) is 0. The highest BCUT2D eigenvalue weighted by Crippen LogP contribution is 2.27. The Morgan fingerprint density at radius 3 is 2.82 bits per heavy atom. The van der Waals surface area contributed by atoms with E-state index in [1.807, 2.05) is 24.3 Å². The van der Waals surface area contributed by atoms with Gasteiger partial charge in [-0.15, -0.1) is 0 Å². The Morgan fingerprint density at radius 2 is 2.00 bits per heavy atom. The first-order valence-corrected chi connectivity index (χ1v) is 5.39. The molecule has 0 aliphatic rings. The van der Waals surface area contributed by atoms with E-state index in [1.165, 1.54) is 0 Å². The lowest BCUT2D eigenvalue weighted by molar-refractivity contribution is 0.220. The zero-order valence-electron chi connectivity index (χ0n) is 9.08. The fourth-order valence-electron chi connectivity index (χ4n) is 1.97. The van der Waals surface area contributed by atoms with Gasteiger partial charge in [-0.3, -0.25) is 4.98 Å². The first-order valence-electron chi connectivity index (χ1n) is 5.39. The van der Waals surface area contributed by atoms with Gasteiger partial charge in [0.05, 0.1) is 12.5 Å². The van der Waals surface area contributed by atoms with Crippen molar-refractivity contribution in [2.45, 2.75) is 6.10 Å². The van der Waals surface area contributed by atoms with Gasteiger partial charge in [0, 0.05) is 28.9 Å². The van der Waals surface area contributed by atoms with Crippen molar-refractivity contribution in [1.29, 1.82) is 0 Å². The number of fused-ring (bicyclic) bond motifs is 1. The van der Waals surface area contributed by atoms with E-state index in [0.29, 0.717) is 0 Å². The summed E-state index contributed by atoms with van der Waals surface area (Å²) < 4.78 is 4.99. The largest absolute Gasteiger partial charge is 0.472 e. The number of benzene rings is 1. The fraction of sp³-hybridized carbons (Fsp3) is 0.0714. The SMILES string of the molecule is OC(c1ccoc1)c1cncc2ccccc12. The van der Waals surface area contributed by atoms with Crippen LogP contribution in [-0.4, -0.2) is 10.1 Å². The van der Waals surface area contributed by atoms with E-state index < -0.39 is 6.10 Å². The number of aromatic nitrogens is 1. The number of aliphatic hydroxyl groups is 1. The molecule has 1 N–H and O–H groups in total. The Hall–Kier alpha value is -2.13. The van der Waals surface area contributed by atoms with Gasteiger partial charge in [-0.2, -0.15) is 0 Å². The van der Waals surface area contributed by atoms with Crippen LogP contribution in [0.4, 0.5) is 0 Å². The van der Waals surface area contributed by atoms with Crippen LogP contribution in [0.2, 0.25) is 0 Å². The van der Waals surface area contributed by atoms with E-state index >= 15 is 0 Å². The van der Waals surface area contributed by atoms with Crippen LogP contribution in [0, 0.1) is 0 Å². The van der Waals surface area contributed by atoms with Gasteiger partial charge < -0.3 is 9.52 Å². The second-order valence-corrected chi connectivity index (χ2v) is 3.91. The first-order chi connectivity index (χ1) is 8.36. The second-order valence-electron chi connectivity index (χ2n) is 3.91. The lowest BCUT2D eigenvalue weighted by atomic mass is 10.0. The molecule has 3 aromatic rings. The number of nitrogens with zero attached hydrogens (tertiary/aromatic N) is 1. The van der Waals surface area contributed by atoms with E-state index in [1.54, 1.807) is 31.0 Å². The molecule has 84 valence electrons. The van der Waals surface area contributed by atoms with Crippen LogP contribution in [0.5, 0.6) is 0 Å². The van der Waals surface area contributed by atoms with Crippen molar-refractivity contribution >= 4 is 10.8 Å². The lowest BCUT2D eigenvalue weighted by Crippen LogP contribution is -1.99. The van der Waals surface area contributed by atoms with Gasteiger partial charge in [-0.1, -0.05) is 24.3 Å². The Bertz CT molecular complexity index is 626. The summed E-state index contributed by atoms with van der Waals surface area (Å²) >= 11 is 0. The third-order valence-electron chi connectivity index (χ3n) is 2.85. The summed E-state index contributed by atoms with van der Waals surface area (Å²) in [4.78, 5) is 4.15. The Labute approximate surface area is 98.3 Å². The molecular formula is C14H11NO2. The average Bonchev–Trinajstić information content (AvgIpc) is 2.91. The molecule has 2 aromatic heterocycles. The van der Waals surface area contributed by atoms with Crippen molar-refractivity contribution in [3.05, 3.63) is 66.4 Å². The molecular weight excluding hydrogens is 214 g/mol. The van der Waals surface area contributed by atoms with Crippen LogP contribution in [0.3, 0.4) is 0 Å². The molecule has 0 bridgehead atoms. The van der Waals surface area contributed by atoms with Crippen LogP contribution in [0.25, 0.3) is 10.8 Å². The zero-order chi connectivity index (χ0) is 11.7.